The maximum absolute atomic E-state index is 5.80. The zero-order valence-electron chi connectivity index (χ0n) is 12.8. The van der Waals surface area contributed by atoms with Gasteiger partial charge >= 0.3 is 0 Å². The zero-order valence-corrected chi connectivity index (χ0v) is 13.6. The summed E-state index contributed by atoms with van der Waals surface area (Å²) in [5.41, 5.74) is 8.31. The summed E-state index contributed by atoms with van der Waals surface area (Å²) in [6, 6.07) is 8.20. The van der Waals surface area contributed by atoms with Gasteiger partial charge < -0.3 is 5.73 Å². The molecule has 2 N–H and O–H groups in total. The molecule has 1 heterocycles. The first-order valence-corrected chi connectivity index (χ1v) is 8.27. The van der Waals surface area contributed by atoms with Crippen LogP contribution in [0.3, 0.4) is 0 Å². The number of hydrogen-bond donors (Lipinski definition) is 1. The Labute approximate surface area is 122 Å². The summed E-state index contributed by atoms with van der Waals surface area (Å²) in [6.45, 7) is 9.90. The smallest absolute Gasteiger partial charge is 0.0333 e. The molecular formula is C16H28N2S. The molecule has 0 saturated carbocycles. The van der Waals surface area contributed by atoms with Crippen molar-refractivity contribution in [3.8, 4) is 0 Å². The average molecular weight is 280 g/mol. The summed E-state index contributed by atoms with van der Waals surface area (Å²) in [7, 11) is 0. The second-order valence-corrected chi connectivity index (χ2v) is 6.38. The molecule has 2 rings (SSSR count). The summed E-state index contributed by atoms with van der Waals surface area (Å²) in [5, 5.41) is 0. The van der Waals surface area contributed by atoms with Crippen molar-refractivity contribution in [1.82, 2.24) is 4.31 Å². The maximum atomic E-state index is 5.80. The first-order chi connectivity index (χ1) is 9.08. The van der Waals surface area contributed by atoms with Crippen molar-refractivity contribution in [1.29, 1.82) is 0 Å². The minimum absolute atomic E-state index is 0.337. The average Bonchev–Trinajstić information content (AvgIpc) is 2.39. The lowest BCUT2D eigenvalue weighted by atomic mass is 9.93. The lowest BCUT2D eigenvalue weighted by Crippen LogP contribution is -2.42. The zero-order chi connectivity index (χ0) is 14.3. The predicted octanol–water partition coefficient (Wildman–Crippen LogP) is 4.71. The summed E-state index contributed by atoms with van der Waals surface area (Å²) in [5.74, 6) is 1.02. The van der Waals surface area contributed by atoms with Crippen molar-refractivity contribution < 1.29 is 0 Å². The Morgan fingerprint density at radius 2 is 2.00 bits per heavy atom. The fourth-order valence-electron chi connectivity index (χ4n) is 2.32. The van der Waals surface area contributed by atoms with Gasteiger partial charge in [0.2, 0.25) is 0 Å². The molecule has 0 bridgehead atoms. The molecule has 1 aromatic carbocycles. The Hall–Kier alpha value is -0.670. The summed E-state index contributed by atoms with van der Waals surface area (Å²) < 4.78 is 2.54. The molecule has 0 aromatic heterocycles. The molecule has 1 fully saturated rings. The van der Waals surface area contributed by atoms with E-state index in [0.29, 0.717) is 5.54 Å². The van der Waals surface area contributed by atoms with Crippen LogP contribution >= 0.6 is 11.9 Å². The van der Waals surface area contributed by atoms with E-state index >= 15 is 0 Å². The van der Waals surface area contributed by atoms with Crippen molar-refractivity contribution in [2.45, 2.75) is 58.2 Å². The first-order valence-electron chi connectivity index (χ1n) is 7.33. The molecular weight excluding hydrogens is 252 g/mol. The van der Waals surface area contributed by atoms with Crippen LogP contribution < -0.4 is 5.73 Å². The van der Waals surface area contributed by atoms with Crippen LogP contribution in [0.2, 0.25) is 0 Å². The Kier molecular flexibility index (Phi) is 6.73. The molecule has 0 aliphatic carbocycles. The van der Waals surface area contributed by atoms with Gasteiger partial charge in [-0.2, -0.15) is 0 Å². The second kappa shape index (κ2) is 7.81. The van der Waals surface area contributed by atoms with Crippen LogP contribution in [0.25, 0.3) is 0 Å². The van der Waals surface area contributed by atoms with E-state index in [9.17, 15) is 0 Å². The van der Waals surface area contributed by atoms with Crippen molar-refractivity contribution in [2.75, 3.05) is 12.3 Å². The van der Waals surface area contributed by atoms with Crippen molar-refractivity contribution in [2.24, 2.45) is 0 Å². The number of nitrogens with two attached hydrogens (primary N) is 1. The fraction of sp³-hybridized carbons (Fsp3) is 0.625. The molecule has 1 aromatic rings. The van der Waals surface area contributed by atoms with Gasteiger partial charge in [0.1, 0.15) is 0 Å². The standard InChI is InChI=1S/C14H22N2S.C2H6/c1-14(2)8-3-4-9-16(14)17-11-12-6-5-7-13(15)10-12;1-2/h5-7,10H,3-4,8-9,11,15H2,1-2H3;1-2H3. The quantitative estimate of drug-likeness (QED) is 0.642. The molecule has 0 unspecified atom stereocenters. The van der Waals surface area contributed by atoms with Crippen LogP contribution in [0.1, 0.15) is 52.5 Å². The third kappa shape index (κ3) is 5.07. The van der Waals surface area contributed by atoms with E-state index in [4.69, 9.17) is 5.73 Å². The van der Waals surface area contributed by atoms with Crippen molar-refractivity contribution in [3.05, 3.63) is 29.8 Å². The highest BCUT2D eigenvalue weighted by Crippen LogP contribution is 2.34. The Balaban J connectivity index is 0.000000861. The van der Waals surface area contributed by atoms with Gasteiger partial charge in [-0.15, -0.1) is 0 Å². The van der Waals surface area contributed by atoms with Crippen LogP contribution in [0.5, 0.6) is 0 Å². The molecule has 19 heavy (non-hydrogen) atoms. The minimum atomic E-state index is 0.337. The molecule has 108 valence electrons. The highest BCUT2D eigenvalue weighted by atomic mass is 32.2. The lowest BCUT2D eigenvalue weighted by molar-refractivity contribution is 0.186. The SMILES string of the molecule is CC.CC1(C)CCCCN1SCc1cccc(N)c1. The van der Waals surface area contributed by atoms with Gasteiger partial charge in [0.15, 0.2) is 0 Å². The van der Waals surface area contributed by atoms with Gasteiger partial charge in [-0.3, -0.25) is 0 Å². The van der Waals surface area contributed by atoms with E-state index in [0.717, 1.165) is 11.4 Å². The molecule has 3 heteroatoms. The minimum Gasteiger partial charge on any atom is -0.399 e. The topological polar surface area (TPSA) is 29.3 Å². The van der Waals surface area contributed by atoms with E-state index < -0.39 is 0 Å². The van der Waals surface area contributed by atoms with Gasteiger partial charge in [-0.25, -0.2) is 4.31 Å². The fourth-order valence-corrected chi connectivity index (χ4v) is 3.50. The Morgan fingerprint density at radius 1 is 1.26 bits per heavy atom. The largest absolute Gasteiger partial charge is 0.399 e. The molecule has 1 aliphatic rings. The van der Waals surface area contributed by atoms with E-state index in [2.05, 4.69) is 30.3 Å². The van der Waals surface area contributed by atoms with E-state index in [-0.39, 0.29) is 0 Å². The van der Waals surface area contributed by atoms with Crippen molar-refractivity contribution in [3.63, 3.8) is 0 Å². The summed E-state index contributed by atoms with van der Waals surface area (Å²) in [6.07, 6.45) is 3.99. The van der Waals surface area contributed by atoms with Crippen LogP contribution in [0.15, 0.2) is 24.3 Å². The van der Waals surface area contributed by atoms with Crippen LogP contribution in [0, 0.1) is 0 Å². The van der Waals surface area contributed by atoms with Gasteiger partial charge in [0.05, 0.1) is 0 Å². The van der Waals surface area contributed by atoms with E-state index in [1.165, 1.54) is 31.4 Å². The third-order valence-corrected chi connectivity index (χ3v) is 4.86. The number of piperidine rings is 1. The third-order valence-electron chi connectivity index (χ3n) is 3.41. The Morgan fingerprint density at radius 3 is 2.63 bits per heavy atom. The molecule has 0 spiro atoms. The number of hydrogen-bond acceptors (Lipinski definition) is 3. The van der Waals surface area contributed by atoms with Crippen LogP contribution in [0.4, 0.5) is 5.69 Å². The number of benzene rings is 1. The molecule has 1 saturated heterocycles. The summed E-state index contributed by atoms with van der Waals surface area (Å²) >= 11 is 1.94. The Bertz CT molecular complexity index is 377. The normalized spacial score (nSPS) is 18.5. The van der Waals surface area contributed by atoms with E-state index in [1.807, 2.05) is 37.9 Å². The highest BCUT2D eigenvalue weighted by molar-refractivity contribution is 7.96. The monoisotopic (exact) mass is 280 g/mol. The number of nitrogen functional groups attached to an aromatic ring is 1. The maximum Gasteiger partial charge on any atom is 0.0333 e. The second-order valence-electron chi connectivity index (χ2n) is 5.39. The molecule has 0 amide bonds. The van der Waals surface area contributed by atoms with Gasteiger partial charge in [0.25, 0.3) is 0 Å². The van der Waals surface area contributed by atoms with Crippen LogP contribution in [-0.2, 0) is 5.75 Å². The van der Waals surface area contributed by atoms with Gasteiger partial charge in [-0.1, -0.05) is 44.3 Å². The number of rotatable bonds is 3. The summed E-state index contributed by atoms with van der Waals surface area (Å²) in [4.78, 5) is 0. The number of nitrogens with zero attached hydrogens (tertiary/aromatic N) is 1. The van der Waals surface area contributed by atoms with Gasteiger partial charge in [-0.05, 0) is 44.4 Å². The molecule has 0 atom stereocenters. The van der Waals surface area contributed by atoms with Crippen LogP contribution in [-0.4, -0.2) is 16.4 Å². The predicted molar refractivity (Wildman–Crippen MR) is 88.1 cm³/mol. The number of anilines is 1. The highest BCUT2D eigenvalue weighted by Gasteiger charge is 2.29. The van der Waals surface area contributed by atoms with E-state index in [1.54, 1.807) is 0 Å². The van der Waals surface area contributed by atoms with Crippen molar-refractivity contribution >= 4 is 17.6 Å². The molecule has 2 nitrogen and oxygen atoms in total. The lowest BCUT2D eigenvalue weighted by Gasteiger charge is -2.41. The molecule has 1 aliphatic heterocycles. The van der Waals surface area contributed by atoms with Gasteiger partial charge in [0, 0.05) is 23.5 Å². The first kappa shape index (κ1) is 16.4. The molecule has 0 radical (unpaired) electrons.